The maximum Gasteiger partial charge on any atom is 0.330 e. The summed E-state index contributed by atoms with van der Waals surface area (Å²) in [6.07, 6.45) is 8.93. The Morgan fingerprint density at radius 1 is 1.43 bits per heavy atom. The Kier molecular flexibility index (Phi) is 5.28. The lowest BCUT2D eigenvalue weighted by atomic mass is 10.2. The van der Waals surface area contributed by atoms with Gasteiger partial charge in [0.05, 0.1) is 6.61 Å². The van der Waals surface area contributed by atoms with Crippen LogP contribution in [0, 0.1) is 5.92 Å². The Labute approximate surface area is 137 Å². The molecule has 0 unspecified atom stereocenters. The van der Waals surface area contributed by atoms with Gasteiger partial charge in [-0.15, -0.1) is 0 Å². The number of esters is 1. The Morgan fingerprint density at radius 2 is 2.30 bits per heavy atom. The molecule has 5 heteroatoms. The third-order valence-corrected chi connectivity index (χ3v) is 4.32. The Morgan fingerprint density at radius 3 is 3.00 bits per heavy atom. The molecule has 1 aliphatic carbocycles. The van der Waals surface area contributed by atoms with Crippen LogP contribution in [0.3, 0.4) is 0 Å². The minimum absolute atomic E-state index is 0.323. The van der Waals surface area contributed by atoms with E-state index >= 15 is 0 Å². The van der Waals surface area contributed by atoms with Gasteiger partial charge in [-0.25, -0.2) is 9.78 Å². The van der Waals surface area contributed by atoms with Gasteiger partial charge in [0, 0.05) is 37.9 Å². The van der Waals surface area contributed by atoms with Crippen molar-refractivity contribution >= 4 is 17.9 Å². The van der Waals surface area contributed by atoms with E-state index in [1.807, 2.05) is 12.1 Å². The van der Waals surface area contributed by atoms with Gasteiger partial charge in [0.2, 0.25) is 0 Å². The molecular weight excluding hydrogens is 290 g/mol. The highest BCUT2D eigenvalue weighted by atomic mass is 16.5. The van der Waals surface area contributed by atoms with Gasteiger partial charge in [-0.05, 0) is 55.9 Å². The van der Waals surface area contributed by atoms with Gasteiger partial charge >= 0.3 is 5.97 Å². The second-order valence-corrected chi connectivity index (χ2v) is 6.40. The minimum atomic E-state index is -0.323. The van der Waals surface area contributed by atoms with Gasteiger partial charge in [0.1, 0.15) is 5.82 Å². The zero-order valence-electron chi connectivity index (χ0n) is 13.7. The van der Waals surface area contributed by atoms with Crippen molar-refractivity contribution in [3.05, 3.63) is 30.0 Å². The van der Waals surface area contributed by atoms with E-state index in [-0.39, 0.29) is 5.97 Å². The molecule has 2 heterocycles. The fourth-order valence-electron chi connectivity index (χ4n) is 2.93. The summed E-state index contributed by atoms with van der Waals surface area (Å²) < 4.78 is 4.85. The lowest BCUT2D eigenvalue weighted by Crippen LogP contribution is -2.28. The molecule has 0 radical (unpaired) electrons. The molecule has 0 amide bonds. The third kappa shape index (κ3) is 5.06. The number of carbonyl (C=O) groups excluding carboxylic acids is 1. The van der Waals surface area contributed by atoms with E-state index in [0.29, 0.717) is 12.6 Å². The molecule has 2 aliphatic rings. The summed E-state index contributed by atoms with van der Waals surface area (Å²) >= 11 is 0. The molecule has 0 aromatic carbocycles. The highest BCUT2D eigenvalue weighted by Gasteiger charge is 2.29. The molecule has 1 aromatic rings. The molecule has 3 rings (SSSR count). The molecule has 1 aliphatic heterocycles. The first-order valence-electron chi connectivity index (χ1n) is 8.52. The van der Waals surface area contributed by atoms with Gasteiger partial charge in [0.25, 0.3) is 0 Å². The average molecular weight is 315 g/mol. The van der Waals surface area contributed by atoms with Crippen LogP contribution in [-0.4, -0.2) is 48.1 Å². The monoisotopic (exact) mass is 315 g/mol. The van der Waals surface area contributed by atoms with E-state index in [1.54, 1.807) is 19.2 Å². The number of hydrogen-bond donors (Lipinski definition) is 1. The number of rotatable bonds is 7. The quantitative estimate of drug-likeness (QED) is 0.619. The minimum Gasteiger partial charge on any atom is -0.463 e. The predicted octanol–water partition coefficient (Wildman–Crippen LogP) is 2.55. The lowest BCUT2D eigenvalue weighted by molar-refractivity contribution is -0.137. The van der Waals surface area contributed by atoms with Crippen molar-refractivity contribution in [1.82, 2.24) is 9.88 Å². The predicted molar refractivity (Wildman–Crippen MR) is 91.1 cm³/mol. The molecule has 1 atom stereocenters. The van der Waals surface area contributed by atoms with Gasteiger partial charge in [-0.2, -0.15) is 0 Å². The van der Waals surface area contributed by atoms with Crippen LogP contribution in [0.5, 0.6) is 0 Å². The van der Waals surface area contributed by atoms with Gasteiger partial charge in [0.15, 0.2) is 0 Å². The Balaban J connectivity index is 1.46. The Hall–Kier alpha value is -1.88. The van der Waals surface area contributed by atoms with E-state index in [1.165, 1.54) is 38.4 Å². The second kappa shape index (κ2) is 7.59. The summed E-state index contributed by atoms with van der Waals surface area (Å²) in [4.78, 5) is 18.3. The van der Waals surface area contributed by atoms with Crippen molar-refractivity contribution in [3.63, 3.8) is 0 Å². The molecule has 1 N–H and O–H groups in total. The van der Waals surface area contributed by atoms with Crippen LogP contribution in [0.4, 0.5) is 5.82 Å². The molecule has 0 bridgehead atoms. The van der Waals surface area contributed by atoms with Crippen LogP contribution in [0.25, 0.3) is 6.08 Å². The maximum atomic E-state index is 11.3. The molecule has 1 aromatic heterocycles. The van der Waals surface area contributed by atoms with Crippen LogP contribution in [0.1, 0.15) is 31.7 Å². The van der Waals surface area contributed by atoms with E-state index in [2.05, 4.69) is 15.2 Å². The van der Waals surface area contributed by atoms with Crippen molar-refractivity contribution in [1.29, 1.82) is 0 Å². The summed E-state index contributed by atoms with van der Waals surface area (Å²) in [6.45, 7) is 5.76. The topological polar surface area (TPSA) is 54.5 Å². The summed E-state index contributed by atoms with van der Waals surface area (Å²) in [5, 5.41) is 3.51. The largest absolute Gasteiger partial charge is 0.463 e. The smallest absolute Gasteiger partial charge is 0.330 e. The Bertz CT molecular complexity index is 552. The molecular formula is C18H25N3O2. The SMILES string of the molecule is CCOC(=O)/C=C/c1ccc(N[C@@H]2CCN(CC3CC3)C2)nc1. The summed E-state index contributed by atoms with van der Waals surface area (Å²) in [5.74, 6) is 1.53. The van der Waals surface area contributed by atoms with Crippen LogP contribution in [0.2, 0.25) is 0 Å². The molecule has 0 spiro atoms. The van der Waals surface area contributed by atoms with Gasteiger partial charge in [-0.3, -0.25) is 0 Å². The molecule has 1 saturated carbocycles. The molecule has 1 saturated heterocycles. The summed E-state index contributed by atoms with van der Waals surface area (Å²) in [5.41, 5.74) is 0.894. The van der Waals surface area contributed by atoms with Crippen molar-refractivity contribution in [2.45, 2.75) is 32.2 Å². The summed E-state index contributed by atoms with van der Waals surface area (Å²) in [6, 6.07) is 4.42. The molecule has 23 heavy (non-hydrogen) atoms. The number of aromatic nitrogens is 1. The first-order valence-corrected chi connectivity index (χ1v) is 8.52. The number of hydrogen-bond acceptors (Lipinski definition) is 5. The van der Waals surface area contributed by atoms with Crippen LogP contribution >= 0.6 is 0 Å². The number of likely N-dealkylation sites (tertiary alicyclic amines) is 1. The van der Waals surface area contributed by atoms with Crippen molar-refractivity contribution in [2.24, 2.45) is 5.92 Å². The molecule has 2 fully saturated rings. The maximum absolute atomic E-state index is 11.3. The van der Waals surface area contributed by atoms with Crippen molar-refractivity contribution in [2.75, 3.05) is 31.6 Å². The van der Waals surface area contributed by atoms with E-state index in [4.69, 9.17) is 4.74 Å². The third-order valence-electron chi connectivity index (χ3n) is 4.32. The van der Waals surface area contributed by atoms with Crippen LogP contribution in [-0.2, 0) is 9.53 Å². The number of ether oxygens (including phenoxy) is 1. The van der Waals surface area contributed by atoms with Crippen LogP contribution in [0.15, 0.2) is 24.4 Å². The summed E-state index contributed by atoms with van der Waals surface area (Å²) in [7, 11) is 0. The number of nitrogens with zero attached hydrogens (tertiary/aromatic N) is 2. The number of anilines is 1. The van der Waals surface area contributed by atoms with Crippen molar-refractivity contribution in [3.8, 4) is 0 Å². The first kappa shape index (κ1) is 16.0. The zero-order valence-corrected chi connectivity index (χ0v) is 13.7. The number of carbonyl (C=O) groups is 1. The lowest BCUT2D eigenvalue weighted by Gasteiger charge is -2.16. The molecule has 5 nitrogen and oxygen atoms in total. The zero-order chi connectivity index (χ0) is 16.1. The fraction of sp³-hybridized carbons (Fsp3) is 0.556. The van der Waals surface area contributed by atoms with E-state index < -0.39 is 0 Å². The average Bonchev–Trinajstić information content (AvgIpc) is 3.25. The van der Waals surface area contributed by atoms with Gasteiger partial charge in [-0.1, -0.05) is 0 Å². The van der Waals surface area contributed by atoms with Gasteiger partial charge < -0.3 is 15.0 Å². The normalized spacial score (nSPS) is 21.7. The number of nitrogens with one attached hydrogen (secondary N) is 1. The van der Waals surface area contributed by atoms with E-state index in [9.17, 15) is 4.79 Å². The standard InChI is InChI=1S/C18H25N3O2/c1-2-23-18(22)8-6-14-5-7-17(19-11-14)20-16-9-10-21(13-16)12-15-3-4-15/h5-8,11,15-16H,2-4,9-10,12-13H2,1H3,(H,19,20)/b8-6+/t16-/m1/s1. The fourth-order valence-corrected chi connectivity index (χ4v) is 2.93. The van der Waals surface area contributed by atoms with Crippen LogP contribution < -0.4 is 5.32 Å². The first-order chi connectivity index (χ1) is 11.2. The second-order valence-electron chi connectivity index (χ2n) is 6.40. The van der Waals surface area contributed by atoms with E-state index in [0.717, 1.165) is 23.8 Å². The molecule has 124 valence electrons. The highest BCUT2D eigenvalue weighted by molar-refractivity contribution is 5.86. The van der Waals surface area contributed by atoms with Crippen molar-refractivity contribution < 1.29 is 9.53 Å². The highest BCUT2D eigenvalue weighted by Crippen LogP contribution is 2.31. The number of pyridine rings is 1.